The molecule has 0 unspecified atom stereocenters. The molecule has 1 saturated heterocycles. The fourth-order valence-corrected chi connectivity index (χ4v) is 5.34. The summed E-state index contributed by atoms with van der Waals surface area (Å²) < 4.78 is 27.6. The summed E-state index contributed by atoms with van der Waals surface area (Å²) >= 11 is 5.95. The van der Waals surface area contributed by atoms with Gasteiger partial charge in [-0.2, -0.15) is 4.31 Å². The summed E-state index contributed by atoms with van der Waals surface area (Å²) in [7, 11) is -3.58. The van der Waals surface area contributed by atoms with Crippen LogP contribution in [0.25, 0.3) is 10.8 Å². The monoisotopic (exact) mass is 428 g/mol. The van der Waals surface area contributed by atoms with Crippen LogP contribution >= 0.6 is 11.6 Å². The first-order valence-electron chi connectivity index (χ1n) is 9.49. The molecule has 0 saturated carbocycles. The van der Waals surface area contributed by atoms with Crippen LogP contribution < -0.4 is 5.32 Å². The van der Waals surface area contributed by atoms with E-state index >= 15 is 0 Å². The third kappa shape index (κ3) is 4.29. The Morgan fingerprint density at radius 2 is 1.66 bits per heavy atom. The number of nitrogens with zero attached hydrogens (tertiary/aromatic N) is 1. The van der Waals surface area contributed by atoms with Gasteiger partial charge in [0.1, 0.15) is 0 Å². The molecule has 0 atom stereocenters. The summed E-state index contributed by atoms with van der Waals surface area (Å²) in [5.41, 5.74) is 0.647. The zero-order chi connectivity index (χ0) is 20.4. The van der Waals surface area contributed by atoms with Gasteiger partial charge in [0.05, 0.1) is 4.90 Å². The van der Waals surface area contributed by atoms with Gasteiger partial charge < -0.3 is 5.32 Å². The van der Waals surface area contributed by atoms with Gasteiger partial charge in [0.15, 0.2) is 0 Å². The molecule has 0 bridgehead atoms. The number of fused-ring (bicyclic) bond motifs is 1. The molecule has 1 N–H and O–H groups in total. The molecule has 1 aliphatic rings. The summed E-state index contributed by atoms with van der Waals surface area (Å²) in [5, 5.41) is 5.32. The molecule has 1 aliphatic heterocycles. The number of nitrogens with one attached hydrogen (secondary N) is 1. The van der Waals surface area contributed by atoms with Crippen molar-refractivity contribution in [3.8, 4) is 0 Å². The van der Waals surface area contributed by atoms with Gasteiger partial charge >= 0.3 is 0 Å². The Bertz CT molecular complexity index is 1160. The van der Waals surface area contributed by atoms with Crippen LogP contribution in [0.15, 0.2) is 71.6 Å². The molecule has 7 heteroatoms. The maximum absolute atomic E-state index is 13.0. The third-order valence-electron chi connectivity index (χ3n) is 5.28. The van der Waals surface area contributed by atoms with E-state index in [0.29, 0.717) is 36.6 Å². The van der Waals surface area contributed by atoms with Gasteiger partial charge in [0, 0.05) is 29.7 Å². The second-order valence-corrected chi connectivity index (χ2v) is 9.56. The molecule has 3 aromatic carbocycles. The highest BCUT2D eigenvalue weighted by molar-refractivity contribution is 7.89. The molecule has 1 fully saturated rings. The Kier molecular flexibility index (Phi) is 5.58. The predicted octanol–water partition coefficient (Wildman–Crippen LogP) is 4.53. The van der Waals surface area contributed by atoms with E-state index in [1.54, 1.807) is 36.4 Å². The molecule has 0 aromatic heterocycles. The number of piperidine rings is 1. The Morgan fingerprint density at radius 3 is 2.38 bits per heavy atom. The maximum Gasteiger partial charge on any atom is 0.243 e. The maximum atomic E-state index is 13.0. The molecular formula is C22H21ClN2O3S. The van der Waals surface area contributed by atoms with Crippen LogP contribution in [0.4, 0.5) is 5.69 Å². The highest BCUT2D eigenvalue weighted by atomic mass is 35.5. The molecule has 0 spiro atoms. The van der Waals surface area contributed by atoms with Gasteiger partial charge in [0.2, 0.25) is 15.9 Å². The highest BCUT2D eigenvalue weighted by Crippen LogP contribution is 2.27. The fraction of sp³-hybridized carbons (Fsp3) is 0.227. The van der Waals surface area contributed by atoms with Crippen LogP contribution in [0.3, 0.4) is 0 Å². The lowest BCUT2D eigenvalue weighted by Gasteiger charge is -2.30. The largest absolute Gasteiger partial charge is 0.326 e. The number of benzene rings is 3. The van der Waals surface area contributed by atoms with Gasteiger partial charge in [-0.25, -0.2) is 8.42 Å². The normalized spacial score (nSPS) is 16.0. The molecule has 5 nitrogen and oxygen atoms in total. The lowest BCUT2D eigenvalue weighted by molar-refractivity contribution is -0.120. The van der Waals surface area contributed by atoms with Crippen molar-refractivity contribution in [3.05, 3.63) is 71.8 Å². The van der Waals surface area contributed by atoms with Gasteiger partial charge in [-0.3, -0.25) is 4.79 Å². The number of sulfonamides is 1. The van der Waals surface area contributed by atoms with Crippen LogP contribution in [0.2, 0.25) is 5.02 Å². The second kappa shape index (κ2) is 8.14. The van der Waals surface area contributed by atoms with Crippen molar-refractivity contribution < 1.29 is 13.2 Å². The van der Waals surface area contributed by atoms with E-state index in [0.717, 1.165) is 10.8 Å². The first-order chi connectivity index (χ1) is 13.9. The van der Waals surface area contributed by atoms with Gasteiger partial charge in [-0.15, -0.1) is 0 Å². The zero-order valence-corrected chi connectivity index (χ0v) is 17.3. The molecule has 1 heterocycles. The molecule has 0 radical (unpaired) electrons. The third-order valence-corrected chi connectivity index (χ3v) is 7.41. The second-order valence-electron chi connectivity index (χ2n) is 7.19. The lowest BCUT2D eigenvalue weighted by atomic mass is 9.97. The van der Waals surface area contributed by atoms with Gasteiger partial charge in [0.25, 0.3) is 0 Å². The fourth-order valence-electron chi connectivity index (χ4n) is 3.65. The number of anilines is 1. The number of hydrogen-bond donors (Lipinski definition) is 1. The average Bonchev–Trinajstić information content (AvgIpc) is 2.73. The summed E-state index contributed by atoms with van der Waals surface area (Å²) in [4.78, 5) is 12.8. The standard InChI is InChI=1S/C22H21ClN2O3S/c23-19-6-3-7-20(15-19)24-22(26)17-10-12-25(13-11-17)29(27,28)21-9-8-16-4-1-2-5-18(16)14-21/h1-9,14-15,17H,10-13H2,(H,24,26). The van der Waals surface area contributed by atoms with E-state index in [1.165, 1.54) is 4.31 Å². The number of hydrogen-bond acceptors (Lipinski definition) is 3. The van der Waals surface area contributed by atoms with Crippen LogP contribution in [0.5, 0.6) is 0 Å². The lowest BCUT2D eigenvalue weighted by Crippen LogP contribution is -2.41. The number of carbonyl (C=O) groups is 1. The van der Waals surface area contributed by atoms with E-state index in [-0.39, 0.29) is 16.7 Å². The van der Waals surface area contributed by atoms with Crippen molar-refractivity contribution in [1.82, 2.24) is 4.31 Å². The van der Waals surface area contributed by atoms with E-state index in [2.05, 4.69) is 5.32 Å². The highest BCUT2D eigenvalue weighted by Gasteiger charge is 2.32. The van der Waals surface area contributed by atoms with Crippen molar-refractivity contribution in [2.24, 2.45) is 5.92 Å². The molecule has 4 rings (SSSR count). The summed E-state index contributed by atoms with van der Waals surface area (Å²) in [6, 6.07) is 19.9. The molecule has 150 valence electrons. The smallest absolute Gasteiger partial charge is 0.243 e. The Balaban J connectivity index is 1.43. The van der Waals surface area contributed by atoms with Crippen LogP contribution in [0.1, 0.15) is 12.8 Å². The first-order valence-corrected chi connectivity index (χ1v) is 11.3. The van der Waals surface area contributed by atoms with Gasteiger partial charge in [-0.05, 0) is 53.9 Å². The Hall–Kier alpha value is -2.41. The first kappa shape index (κ1) is 19.9. The van der Waals surface area contributed by atoms with E-state index in [9.17, 15) is 13.2 Å². The molecular weight excluding hydrogens is 408 g/mol. The zero-order valence-electron chi connectivity index (χ0n) is 15.7. The van der Waals surface area contributed by atoms with E-state index in [1.807, 2.05) is 30.3 Å². The summed E-state index contributed by atoms with van der Waals surface area (Å²) in [5.74, 6) is -0.327. The minimum Gasteiger partial charge on any atom is -0.326 e. The Labute approximate surface area is 175 Å². The van der Waals surface area contributed by atoms with Crippen molar-refractivity contribution in [1.29, 1.82) is 0 Å². The van der Waals surface area contributed by atoms with Gasteiger partial charge in [-0.1, -0.05) is 48.0 Å². The molecule has 3 aromatic rings. The average molecular weight is 429 g/mol. The molecule has 0 aliphatic carbocycles. The van der Waals surface area contributed by atoms with Crippen molar-refractivity contribution in [3.63, 3.8) is 0 Å². The van der Waals surface area contributed by atoms with E-state index < -0.39 is 10.0 Å². The van der Waals surface area contributed by atoms with E-state index in [4.69, 9.17) is 11.6 Å². The molecule has 1 amide bonds. The van der Waals surface area contributed by atoms with Crippen molar-refractivity contribution >= 4 is 44.0 Å². The van der Waals surface area contributed by atoms with Crippen LogP contribution in [-0.4, -0.2) is 31.7 Å². The predicted molar refractivity (Wildman–Crippen MR) is 116 cm³/mol. The topological polar surface area (TPSA) is 66.5 Å². The van der Waals surface area contributed by atoms with Crippen LogP contribution in [-0.2, 0) is 14.8 Å². The SMILES string of the molecule is O=C(Nc1cccc(Cl)c1)C1CCN(S(=O)(=O)c2ccc3ccccc3c2)CC1. The van der Waals surface area contributed by atoms with Crippen molar-refractivity contribution in [2.75, 3.05) is 18.4 Å². The van der Waals surface area contributed by atoms with Crippen molar-refractivity contribution in [2.45, 2.75) is 17.7 Å². The number of carbonyl (C=O) groups excluding carboxylic acids is 1. The van der Waals surface area contributed by atoms with Crippen LogP contribution in [0, 0.1) is 5.92 Å². The minimum absolute atomic E-state index is 0.102. The summed E-state index contributed by atoms with van der Waals surface area (Å²) in [6.07, 6.45) is 0.971. The number of halogens is 1. The number of rotatable bonds is 4. The quantitative estimate of drug-likeness (QED) is 0.663. The minimum atomic E-state index is -3.58. The molecule has 29 heavy (non-hydrogen) atoms. The summed E-state index contributed by atoms with van der Waals surface area (Å²) in [6.45, 7) is 0.644. The Morgan fingerprint density at radius 1 is 0.931 bits per heavy atom. The number of amides is 1.